The zero-order chi connectivity index (χ0) is 13.7. The summed E-state index contributed by atoms with van der Waals surface area (Å²) in [7, 11) is 0. The topological polar surface area (TPSA) is 97.8 Å². The molecule has 0 aliphatic rings. The highest BCUT2D eigenvalue weighted by molar-refractivity contribution is 6.34. The van der Waals surface area contributed by atoms with Crippen molar-refractivity contribution in [2.75, 3.05) is 5.32 Å². The third-order valence-corrected chi connectivity index (χ3v) is 2.55. The van der Waals surface area contributed by atoms with Crippen LogP contribution in [-0.2, 0) is 6.42 Å². The van der Waals surface area contributed by atoms with E-state index in [9.17, 15) is 0 Å². The van der Waals surface area contributed by atoms with Crippen LogP contribution in [0, 0.1) is 16.7 Å². The van der Waals surface area contributed by atoms with E-state index >= 15 is 0 Å². The second-order valence-electron chi connectivity index (χ2n) is 4.41. The number of nitrogens with two attached hydrogens (primary N) is 1. The molecular formula is C12H18ClN5. The molecule has 0 bridgehead atoms. The molecule has 0 aliphatic heterocycles. The molecule has 0 radical (unpaired) electrons. The summed E-state index contributed by atoms with van der Waals surface area (Å²) in [6.07, 6.45) is 0.857. The quantitative estimate of drug-likeness (QED) is 0.429. The van der Waals surface area contributed by atoms with Crippen molar-refractivity contribution < 1.29 is 0 Å². The fourth-order valence-corrected chi connectivity index (χ4v) is 1.85. The van der Waals surface area contributed by atoms with Gasteiger partial charge >= 0.3 is 0 Å². The summed E-state index contributed by atoms with van der Waals surface area (Å²) >= 11 is 6.12. The van der Waals surface area contributed by atoms with E-state index in [1.54, 1.807) is 6.07 Å². The van der Waals surface area contributed by atoms with Gasteiger partial charge in [-0.25, -0.2) is 0 Å². The van der Waals surface area contributed by atoms with Crippen LogP contribution in [-0.4, -0.2) is 11.9 Å². The number of halogens is 1. The van der Waals surface area contributed by atoms with Crippen molar-refractivity contribution >= 4 is 29.2 Å². The van der Waals surface area contributed by atoms with Gasteiger partial charge in [0.25, 0.3) is 0 Å². The minimum atomic E-state index is -0.287. The van der Waals surface area contributed by atoms with Gasteiger partial charge in [-0.15, -0.1) is 0 Å². The van der Waals surface area contributed by atoms with Crippen LogP contribution in [0.25, 0.3) is 0 Å². The van der Waals surface area contributed by atoms with Crippen molar-refractivity contribution in [3.05, 3.63) is 28.8 Å². The predicted molar refractivity (Wildman–Crippen MR) is 76.4 cm³/mol. The van der Waals surface area contributed by atoms with Crippen molar-refractivity contribution in [2.45, 2.75) is 20.3 Å². The van der Waals surface area contributed by atoms with Gasteiger partial charge in [0, 0.05) is 0 Å². The van der Waals surface area contributed by atoms with Crippen molar-refractivity contribution in [3.8, 4) is 0 Å². The SMILES string of the molecule is CC(C)Cc1cccc(Cl)c1NC(=N)NC(=N)N. The Morgan fingerprint density at radius 2 is 2.06 bits per heavy atom. The van der Waals surface area contributed by atoms with Gasteiger partial charge in [0.05, 0.1) is 10.7 Å². The molecule has 0 saturated heterocycles. The summed E-state index contributed by atoms with van der Waals surface area (Å²) in [4.78, 5) is 0. The molecule has 0 spiro atoms. The lowest BCUT2D eigenvalue weighted by molar-refractivity contribution is 0.648. The number of nitrogens with one attached hydrogen (secondary N) is 4. The van der Waals surface area contributed by atoms with Crippen LogP contribution < -0.4 is 16.4 Å². The zero-order valence-corrected chi connectivity index (χ0v) is 11.2. The normalized spacial score (nSPS) is 10.2. The molecule has 6 N–H and O–H groups in total. The van der Waals surface area contributed by atoms with E-state index < -0.39 is 0 Å². The average molecular weight is 268 g/mol. The molecule has 0 unspecified atom stereocenters. The summed E-state index contributed by atoms with van der Waals surface area (Å²) in [5.74, 6) is 0.129. The summed E-state index contributed by atoms with van der Waals surface area (Å²) in [6, 6.07) is 5.61. The van der Waals surface area contributed by atoms with Gasteiger partial charge in [0.15, 0.2) is 11.9 Å². The highest BCUT2D eigenvalue weighted by Gasteiger charge is 2.10. The molecule has 5 nitrogen and oxygen atoms in total. The maximum atomic E-state index is 7.63. The Morgan fingerprint density at radius 3 is 2.61 bits per heavy atom. The molecule has 0 heterocycles. The molecule has 0 aromatic heterocycles. The summed E-state index contributed by atoms with van der Waals surface area (Å²) in [6.45, 7) is 4.23. The molecule has 1 aromatic carbocycles. The second-order valence-corrected chi connectivity index (χ2v) is 4.82. The first kappa shape index (κ1) is 14.3. The molecule has 6 heteroatoms. The van der Waals surface area contributed by atoms with E-state index in [0.29, 0.717) is 16.6 Å². The van der Waals surface area contributed by atoms with Crippen molar-refractivity contribution in [1.82, 2.24) is 5.32 Å². The van der Waals surface area contributed by atoms with Crippen LogP contribution in [0.15, 0.2) is 18.2 Å². The number of para-hydroxylation sites is 1. The Balaban J connectivity index is 2.92. The smallest absolute Gasteiger partial charge is 0.199 e. The third-order valence-electron chi connectivity index (χ3n) is 2.24. The zero-order valence-electron chi connectivity index (χ0n) is 10.5. The standard InChI is InChI=1S/C12H18ClN5/c1-7(2)6-8-4-3-5-9(13)10(8)17-12(16)18-11(14)15/h3-5,7H,6H2,1-2H3,(H6,14,15,16,17,18). The molecule has 0 atom stereocenters. The molecule has 0 fully saturated rings. The minimum Gasteiger partial charge on any atom is -0.370 e. The Hall–Kier alpha value is -1.75. The minimum absolute atomic E-state index is 0.0689. The highest BCUT2D eigenvalue weighted by Crippen LogP contribution is 2.27. The monoisotopic (exact) mass is 267 g/mol. The number of anilines is 1. The lowest BCUT2D eigenvalue weighted by Crippen LogP contribution is -2.39. The van der Waals surface area contributed by atoms with Crippen LogP contribution in [0.3, 0.4) is 0 Å². The molecule has 1 aromatic rings. The lowest BCUT2D eigenvalue weighted by atomic mass is 10.0. The van der Waals surface area contributed by atoms with Gasteiger partial charge in [0.2, 0.25) is 0 Å². The van der Waals surface area contributed by atoms with Crippen molar-refractivity contribution in [3.63, 3.8) is 0 Å². The molecule has 98 valence electrons. The number of hydrogen-bond donors (Lipinski definition) is 5. The van der Waals surface area contributed by atoms with E-state index in [0.717, 1.165) is 12.0 Å². The fourth-order valence-electron chi connectivity index (χ4n) is 1.61. The first-order chi connectivity index (χ1) is 8.40. The molecule has 0 amide bonds. The first-order valence-electron chi connectivity index (χ1n) is 5.64. The van der Waals surface area contributed by atoms with Gasteiger partial charge in [-0.2, -0.15) is 0 Å². The summed E-state index contributed by atoms with van der Waals surface area (Å²) in [5.41, 5.74) is 6.88. The van der Waals surface area contributed by atoms with Gasteiger partial charge < -0.3 is 11.1 Å². The van der Waals surface area contributed by atoms with E-state index in [4.69, 9.17) is 28.2 Å². The van der Waals surface area contributed by atoms with Crippen LogP contribution in [0.2, 0.25) is 5.02 Å². The Kier molecular flexibility index (Phi) is 4.97. The molecular weight excluding hydrogens is 250 g/mol. The maximum Gasteiger partial charge on any atom is 0.199 e. The van der Waals surface area contributed by atoms with Crippen LogP contribution >= 0.6 is 11.6 Å². The van der Waals surface area contributed by atoms with E-state index in [-0.39, 0.29) is 11.9 Å². The Bertz CT molecular complexity index is 456. The molecule has 1 rings (SSSR count). The van der Waals surface area contributed by atoms with Crippen molar-refractivity contribution in [1.29, 1.82) is 10.8 Å². The predicted octanol–water partition coefficient (Wildman–Crippen LogP) is 2.37. The van der Waals surface area contributed by atoms with E-state index in [1.807, 2.05) is 12.1 Å². The first-order valence-corrected chi connectivity index (χ1v) is 6.02. The van der Waals surface area contributed by atoms with E-state index in [1.165, 1.54) is 0 Å². The van der Waals surface area contributed by atoms with Gasteiger partial charge in [-0.1, -0.05) is 37.6 Å². The third kappa shape index (κ3) is 4.25. The van der Waals surface area contributed by atoms with Crippen molar-refractivity contribution in [2.24, 2.45) is 11.7 Å². The molecule has 18 heavy (non-hydrogen) atoms. The lowest BCUT2D eigenvalue weighted by Gasteiger charge is -2.16. The van der Waals surface area contributed by atoms with Crippen LogP contribution in [0.4, 0.5) is 5.69 Å². The largest absolute Gasteiger partial charge is 0.370 e. The molecule has 0 aliphatic carbocycles. The number of guanidine groups is 2. The Labute approximate surface area is 112 Å². The van der Waals surface area contributed by atoms with Gasteiger partial charge in [0.1, 0.15) is 0 Å². The highest BCUT2D eigenvalue weighted by atomic mass is 35.5. The maximum absolute atomic E-state index is 7.63. The van der Waals surface area contributed by atoms with Crippen LogP contribution in [0.1, 0.15) is 19.4 Å². The molecule has 0 saturated carbocycles. The second kappa shape index (κ2) is 6.26. The number of rotatable bonds is 3. The average Bonchev–Trinajstić information content (AvgIpc) is 2.21. The summed E-state index contributed by atoms with van der Waals surface area (Å²) in [5, 5.41) is 20.4. The van der Waals surface area contributed by atoms with Crippen LogP contribution in [0.5, 0.6) is 0 Å². The van der Waals surface area contributed by atoms with Gasteiger partial charge in [-0.3, -0.25) is 16.1 Å². The number of benzene rings is 1. The fraction of sp³-hybridized carbons (Fsp3) is 0.333. The Morgan fingerprint density at radius 1 is 1.39 bits per heavy atom. The van der Waals surface area contributed by atoms with E-state index in [2.05, 4.69) is 24.5 Å². The summed E-state index contributed by atoms with van der Waals surface area (Å²) < 4.78 is 0. The number of hydrogen-bond acceptors (Lipinski definition) is 2. The van der Waals surface area contributed by atoms with Gasteiger partial charge in [-0.05, 0) is 24.0 Å².